The maximum absolute atomic E-state index is 11.1. The van der Waals surface area contributed by atoms with Crippen molar-refractivity contribution in [3.63, 3.8) is 0 Å². The lowest BCUT2D eigenvalue weighted by Crippen LogP contribution is -2.41. The molecule has 0 bridgehead atoms. The number of aliphatic imine (C=N–C) groups is 1. The van der Waals surface area contributed by atoms with Crippen LogP contribution in [0.2, 0.25) is 0 Å². The minimum atomic E-state index is -0.891. The molecule has 0 rings (SSSR count). The smallest absolute Gasteiger partial charge is 0.258 e. The van der Waals surface area contributed by atoms with E-state index in [4.69, 9.17) is 23.2 Å². The van der Waals surface area contributed by atoms with Crippen molar-refractivity contribution in [2.75, 3.05) is 0 Å². The van der Waals surface area contributed by atoms with Crippen molar-refractivity contribution in [2.45, 2.75) is 18.9 Å². The molecular weight excluding hydrogens is 202 g/mol. The SMILES string of the molecule is NNC(=O)CC[C@H](N=C(N)N)C(=O)NN. The average molecular weight is 217 g/mol. The maximum Gasteiger partial charge on any atom is 0.258 e. The summed E-state index contributed by atoms with van der Waals surface area (Å²) in [5.74, 6) is 8.52. The molecule has 0 spiro atoms. The molecule has 15 heavy (non-hydrogen) atoms. The normalized spacial score (nSPS) is 11.3. The third-order valence-corrected chi connectivity index (χ3v) is 1.56. The van der Waals surface area contributed by atoms with E-state index in [-0.39, 0.29) is 18.8 Å². The zero-order chi connectivity index (χ0) is 11.8. The van der Waals surface area contributed by atoms with Gasteiger partial charge in [0.15, 0.2) is 5.96 Å². The number of carbonyl (C=O) groups is 2. The summed E-state index contributed by atoms with van der Waals surface area (Å²) in [5.41, 5.74) is 14.0. The Labute approximate surface area is 86.2 Å². The first kappa shape index (κ1) is 13.1. The number of nitrogens with two attached hydrogens (primary N) is 4. The van der Waals surface area contributed by atoms with Crippen molar-refractivity contribution in [3.8, 4) is 0 Å². The predicted molar refractivity (Wildman–Crippen MR) is 53.5 cm³/mol. The molecule has 2 amide bonds. The largest absolute Gasteiger partial charge is 0.370 e. The van der Waals surface area contributed by atoms with Gasteiger partial charge in [-0.1, -0.05) is 0 Å². The van der Waals surface area contributed by atoms with Gasteiger partial charge in [0, 0.05) is 6.42 Å². The third kappa shape index (κ3) is 5.44. The minimum absolute atomic E-state index is 0.0192. The van der Waals surface area contributed by atoms with Crippen LogP contribution in [0.3, 0.4) is 0 Å². The van der Waals surface area contributed by atoms with Gasteiger partial charge in [-0.2, -0.15) is 0 Å². The van der Waals surface area contributed by atoms with Crippen LogP contribution >= 0.6 is 0 Å². The first-order chi connectivity index (χ1) is 7.01. The summed E-state index contributed by atoms with van der Waals surface area (Å²) in [4.78, 5) is 25.5. The number of carbonyl (C=O) groups excluding carboxylic acids is 2. The Hall–Kier alpha value is -1.87. The van der Waals surface area contributed by atoms with Crippen LogP contribution in [0.25, 0.3) is 0 Å². The van der Waals surface area contributed by atoms with Crippen LogP contribution < -0.4 is 34.0 Å². The van der Waals surface area contributed by atoms with E-state index < -0.39 is 17.9 Å². The molecule has 0 fully saturated rings. The van der Waals surface area contributed by atoms with Gasteiger partial charge in [-0.3, -0.25) is 20.4 Å². The van der Waals surface area contributed by atoms with Gasteiger partial charge in [0.05, 0.1) is 0 Å². The molecule has 1 atom stereocenters. The number of amides is 2. The molecule has 9 nitrogen and oxygen atoms in total. The molecule has 9 heteroatoms. The number of nitrogens with zero attached hydrogens (tertiary/aromatic N) is 1. The molecule has 0 unspecified atom stereocenters. The number of hydrogen-bond acceptors (Lipinski definition) is 5. The van der Waals surface area contributed by atoms with Crippen LogP contribution in [0, 0.1) is 0 Å². The average Bonchev–Trinajstić information content (AvgIpc) is 2.21. The summed E-state index contributed by atoms with van der Waals surface area (Å²) < 4.78 is 0. The quantitative estimate of drug-likeness (QED) is 0.0910. The fourth-order valence-electron chi connectivity index (χ4n) is 0.870. The lowest BCUT2D eigenvalue weighted by molar-refractivity contribution is -0.123. The van der Waals surface area contributed by atoms with Gasteiger partial charge in [0.1, 0.15) is 6.04 Å². The van der Waals surface area contributed by atoms with Gasteiger partial charge in [-0.15, -0.1) is 0 Å². The van der Waals surface area contributed by atoms with Crippen LogP contribution in [0.1, 0.15) is 12.8 Å². The van der Waals surface area contributed by atoms with E-state index in [1.54, 1.807) is 0 Å². The van der Waals surface area contributed by atoms with Crippen molar-refractivity contribution in [1.29, 1.82) is 0 Å². The molecule has 10 N–H and O–H groups in total. The van der Waals surface area contributed by atoms with Crippen molar-refractivity contribution >= 4 is 17.8 Å². The standard InChI is InChI=1S/C6H15N7O2/c7-6(8)11-3(5(15)13-10)1-2-4(14)12-9/h3H,1-2,9-10H2,(H,12,14)(H,13,15)(H4,7,8,11)/t3-/m0/s1. The first-order valence-corrected chi connectivity index (χ1v) is 4.10. The molecule has 0 heterocycles. The Bertz CT molecular complexity index is 260. The van der Waals surface area contributed by atoms with Gasteiger partial charge in [-0.25, -0.2) is 16.7 Å². The first-order valence-electron chi connectivity index (χ1n) is 4.10. The molecule has 0 aromatic heterocycles. The molecule has 0 radical (unpaired) electrons. The lowest BCUT2D eigenvalue weighted by atomic mass is 10.1. The summed E-state index contributed by atoms with van der Waals surface area (Å²) in [5, 5.41) is 0. The second kappa shape index (κ2) is 6.56. The van der Waals surface area contributed by atoms with E-state index in [0.29, 0.717) is 0 Å². The van der Waals surface area contributed by atoms with Gasteiger partial charge in [0.25, 0.3) is 5.91 Å². The number of hydrazine groups is 2. The lowest BCUT2D eigenvalue weighted by Gasteiger charge is -2.10. The second-order valence-corrected chi connectivity index (χ2v) is 2.68. The molecule has 0 aromatic carbocycles. The summed E-state index contributed by atoms with van der Waals surface area (Å²) in [6.45, 7) is 0. The van der Waals surface area contributed by atoms with E-state index in [9.17, 15) is 9.59 Å². The highest BCUT2D eigenvalue weighted by molar-refractivity contribution is 5.86. The molecule has 0 aliphatic carbocycles. The molecule has 0 aliphatic rings. The fourth-order valence-corrected chi connectivity index (χ4v) is 0.870. The van der Waals surface area contributed by atoms with Crippen LogP contribution in [0.5, 0.6) is 0 Å². The third-order valence-electron chi connectivity index (χ3n) is 1.56. The van der Waals surface area contributed by atoms with Crippen molar-refractivity contribution < 1.29 is 9.59 Å². The zero-order valence-electron chi connectivity index (χ0n) is 8.06. The molecule has 0 aromatic rings. The van der Waals surface area contributed by atoms with Crippen molar-refractivity contribution in [1.82, 2.24) is 10.9 Å². The highest BCUT2D eigenvalue weighted by Gasteiger charge is 2.17. The summed E-state index contributed by atoms with van der Waals surface area (Å²) in [7, 11) is 0. The molecule has 86 valence electrons. The Morgan fingerprint density at radius 3 is 2.20 bits per heavy atom. The Kier molecular flexibility index (Phi) is 5.75. The maximum atomic E-state index is 11.1. The highest BCUT2D eigenvalue weighted by Crippen LogP contribution is 2.01. The van der Waals surface area contributed by atoms with E-state index in [1.165, 1.54) is 0 Å². The predicted octanol–water partition coefficient (Wildman–Crippen LogP) is -3.61. The van der Waals surface area contributed by atoms with Crippen LogP contribution in [0.4, 0.5) is 0 Å². The van der Waals surface area contributed by atoms with E-state index in [0.717, 1.165) is 0 Å². The molecule has 0 saturated heterocycles. The second-order valence-electron chi connectivity index (χ2n) is 2.68. The van der Waals surface area contributed by atoms with Gasteiger partial charge >= 0.3 is 0 Å². The summed E-state index contributed by atoms with van der Waals surface area (Å²) in [6, 6.07) is -0.891. The van der Waals surface area contributed by atoms with E-state index in [1.807, 2.05) is 10.9 Å². The highest BCUT2D eigenvalue weighted by atomic mass is 16.2. The van der Waals surface area contributed by atoms with E-state index in [2.05, 4.69) is 4.99 Å². The van der Waals surface area contributed by atoms with Crippen molar-refractivity contribution in [2.24, 2.45) is 28.1 Å². The molecule has 0 aliphatic heterocycles. The number of rotatable bonds is 5. The number of nitrogens with one attached hydrogen (secondary N) is 2. The summed E-state index contributed by atoms with van der Waals surface area (Å²) in [6.07, 6.45) is 0.134. The summed E-state index contributed by atoms with van der Waals surface area (Å²) >= 11 is 0. The zero-order valence-corrected chi connectivity index (χ0v) is 8.06. The van der Waals surface area contributed by atoms with Crippen molar-refractivity contribution in [3.05, 3.63) is 0 Å². The fraction of sp³-hybridized carbons (Fsp3) is 0.500. The van der Waals surface area contributed by atoms with Gasteiger partial charge in [-0.05, 0) is 6.42 Å². The number of guanidine groups is 1. The Balaban J connectivity index is 4.32. The monoisotopic (exact) mass is 217 g/mol. The Morgan fingerprint density at radius 2 is 1.80 bits per heavy atom. The topological polar surface area (TPSA) is 175 Å². The van der Waals surface area contributed by atoms with Crippen LogP contribution in [0.15, 0.2) is 4.99 Å². The van der Waals surface area contributed by atoms with E-state index >= 15 is 0 Å². The minimum Gasteiger partial charge on any atom is -0.370 e. The van der Waals surface area contributed by atoms with Crippen LogP contribution in [-0.2, 0) is 9.59 Å². The molecule has 0 saturated carbocycles. The van der Waals surface area contributed by atoms with Gasteiger partial charge < -0.3 is 11.5 Å². The number of hydrogen-bond donors (Lipinski definition) is 6. The van der Waals surface area contributed by atoms with Crippen LogP contribution in [-0.4, -0.2) is 23.8 Å². The van der Waals surface area contributed by atoms with Gasteiger partial charge in [0.2, 0.25) is 5.91 Å². The Morgan fingerprint density at radius 1 is 1.20 bits per heavy atom. The molecular formula is C6H15N7O2.